The van der Waals surface area contributed by atoms with Crippen molar-refractivity contribution in [2.24, 2.45) is 11.3 Å². The fraction of sp³-hybridized carbons (Fsp3) is 0.400. The van der Waals surface area contributed by atoms with Crippen LogP contribution in [0.2, 0.25) is 0 Å². The van der Waals surface area contributed by atoms with Gasteiger partial charge in [0.25, 0.3) is 0 Å². The Balaban J connectivity index is 1.58. The Morgan fingerprint density at radius 1 is 1.23 bits per heavy atom. The summed E-state index contributed by atoms with van der Waals surface area (Å²) >= 11 is 0. The first kappa shape index (κ1) is 19.3. The van der Waals surface area contributed by atoms with Crippen LogP contribution in [0.5, 0.6) is 0 Å². The molecule has 1 amide bonds. The molecule has 0 aliphatic heterocycles. The molecule has 0 bridgehead atoms. The number of nitrogens with one attached hydrogen (secondary N) is 2. The van der Waals surface area contributed by atoms with Crippen LogP contribution >= 0.6 is 0 Å². The molecule has 2 aliphatic rings. The van der Waals surface area contributed by atoms with Gasteiger partial charge in [-0.1, -0.05) is 0 Å². The average molecular weight is 420 g/mol. The fourth-order valence-electron chi connectivity index (χ4n) is 4.64. The number of carbonyl (C=O) groups is 1. The normalized spacial score (nSPS) is 28.5. The van der Waals surface area contributed by atoms with E-state index < -0.39 is 23.7 Å². The third-order valence-electron chi connectivity index (χ3n) is 6.17. The van der Waals surface area contributed by atoms with Gasteiger partial charge in [0.15, 0.2) is 17.0 Å². The van der Waals surface area contributed by atoms with E-state index in [9.17, 15) is 15.0 Å². The van der Waals surface area contributed by atoms with E-state index >= 15 is 0 Å². The van der Waals surface area contributed by atoms with Gasteiger partial charge in [-0.05, 0) is 18.3 Å². The van der Waals surface area contributed by atoms with E-state index in [0.29, 0.717) is 29.1 Å². The summed E-state index contributed by atoms with van der Waals surface area (Å²) in [5.74, 6) is 5.98. The highest BCUT2D eigenvalue weighted by molar-refractivity contribution is 5.88. The van der Waals surface area contributed by atoms with Gasteiger partial charge >= 0.3 is 0 Å². The smallest absolute Gasteiger partial charge is 0.229 e. The number of amides is 1. The van der Waals surface area contributed by atoms with Gasteiger partial charge in [0.2, 0.25) is 11.7 Å². The molecule has 5 rings (SSSR count). The SMILES string of the molecule is CNC(=O)[C@]12CC1[C@@H](n1cnc3c(NC)nc(C#Cc4cnccn4)nc31)C(O)[C@@H]2O. The minimum Gasteiger partial charge on any atom is -0.389 e. The predicted molar refractivity (Wildman–Crippen MR) is 109 cm³/mol. The van der Waals surface area contributed by atoms with Crippen molar-refractivity contribution in [3.8, 4) is 11.8 Å². The highest BCUT2D eigenvalue weighted by Crippen LogP contribution is 2.67. The molecule has 158 valence electrons. The molecule has 0 radical (unpaired) electrons. The number of aliphatic hydroxyl groups excluding tert-OH is 2. The van der Waals surface area contributed by atoms with E-state index in [4.69, 9.17) is 0 Å². The fourth-order valence-corrected chi connectivity index (χ4v) is 4.64. The number of hydrogen-bond donors (Lipinski definition) is 4. The number of imidazole rings is 1. The number of hydrogen-bond acceptors (Lipinski definition) is 9. The summed E-state index contributed by atoms with van der Waals surface area (Å²) in [6, 6.07) is -0.544. The minimum atomic E-state index is -1.17. The zero-order valence-corrected chi connectivity index (χ0v) is 16.8. The molecule has 3 heterocycles. The Bertz CT molecular complexity index is 1230. The van der Waals surface area contributed by atoms with Crippen molar-refractivity contribution < 1.29 is 15.0 Å². The van der Waals surface area contributed by atoms with E-state index in [-0.39, 0.29) is 17.6 Å². The van der Waals surface area contributed by atoms with Crippen molar-refractivity contribution in [3.05, 3.63) is 36.4 Å². The van der Waals surface area contributed by atoms with Crippen molar-refractivity contribution in [3.63, 3.8) is 0 Å². The first-order valence-corrected chi connectivity index (χ1v) is 9.80. The number of anilines is 1. The van der Waals surface area contributed by atoms with Gasteiger partial charge in [-0.3, -0.25) is 9.78 Å². The quantitative estimate of drug-likeness (QED) is 0.395. The molecule has 4 N–H and O–H groups in total. The summed E-state index contributed by atoms with van der Waals surface area (Å²) in [5.41, 5.74) is 0.461. The Morgan fingerprint density at radius 2 is 2.06 bits per heavy atom. The predicted octanol–water partition coefficient (Wildman–Crippen LogP) is -0.913. The van der Waals surface area contributed by atoms with Crippen LogP contribution < -0.4 is 10.6 Å². The maximum absolute atomic E-state index is 12.4. The Hall–Kier alpha value is -3.62. The largest absolute Gasteiger partial charge is 0.389 e. The van der Waals surface area contributed by atoms with Gasteiger partial charge in [-0.15, -0.1) is 0 Å². The molecule has 11 heteroatoms. The van der Waals surface area contributed by atoms with Crippen LogP contribution in [0.25, 0.3) is 11.2 Å². The molecular weight excluding hydrogens is 400 g/mol. The zero-order chi connectivity index (χ0) is 21.8. The monoisotopic (exact) mass is 420 g/mol. The third kappa shape index (κ3) is 2.76. The molecule has 2 fully saturated rings. The minimum absolute atomic E-state index is 0.225. The summed E-state index contributed by atoms with van der Waals surface area (Å²) < 4.78 is 1.71. The van der Waals surface area contributed by atoms with Gasteiger partial charge in [0.05, 0.1) is 30.1 Å². The first-order valence-electron chi connectivity index (χ1n) is 9.80. The van der Waals surface area contributed by atoms with Crippen LogP contribution in [0.4, 0.5) is 5.82 Å². The summed E-state index contributed by atoms with van der Waals surface area (Å²) in [6.45, 7) is 0. The first-order chi connectivity index (χ1) is 15.0. The highest BCUT2D eigenvalue weighted by atomic mass is 16.3. The van der Waals surface area contributed by atoms with Crippen molar-refractivity contribution in [2.75, 3.05) is 19.4 Å². The molecule has 0 saturated heterocycles. The second kappa shape index (κ2) is 6.97. The second-order valence-electron chi connectivity index (χ2n) is 7.67. The lowest BCUT2D eigenvalue weighted by molar-refractivity contribution is -0.132. The number of aliphatic hydroxyl groups is 2. The topological polar surface area (TPSA) is 151 Å². The lowest BCUT2D eigenvalue weighted by Crippen LogP contribution is -2.41. The van der Waals surface area contributed by atoms with Crippen LogP contribution in [0, 0.1) is 23.2 Å². The molecule has 3 aromatic heterocycles. The molecule has 2 unspecified atom stereocenters. The van der Waals surface area contributed by atoms with Gasteiger partial charge in [-0.2, -0.15) is 0 Å². The average Bonchev–Trinajstić information content (AvgIpc) is 3.34. The highest BCUT2D eigenvalue weighted by Gasteiger charge is 2.75. The second-order valence-corrected chi connectivity index (χ2v) is 7.67. The van der Waals surface area contributed by atoms with Crippen LogP contribution in [0.15, 0.2) is 24.9 Å². The molecule has 5 atom stereocenters. The molecule has 31 heavy (non-hydrogen) atoms. The summed E-state index contributed by atoms with van der Waals surface area (Å²) in [4.78, 5) is 33.8. The zero-order valence-electron chi connectivity index (χ0n) is 16.8. The van der Waals surface area contributed by atoms with E-state index in [1.54, 1.807) is 30.3 Å². The van der Waals surface area contributed by atoms with Crippen molar-refractivity contribution in [1.82, 2.24) is 34.8 Å². The van der Waals surface area contributed by atoms with E-state index in [1.165, 1.54) is 13.2 Å². The number of nitrogens with zero attached hydrogens (tertiary/aromatic N) is 6. The lowest BCUT2D eigenvalue weighted by Gasteiger charge is -2.23. The molecule has 3 aromatic rings. The van der Waals surface area contributed by atoms with E-state index in [2.05, 4.69) is 47.4 Å². The third-order valence-corrected chi connectivity index (χ3v) is 6.17. The summed E-state index contributed by atoms with van der Waals surface area (Å²) in [6.07, 6.45) is 4.39. The standard InChI is InChI=1S/C20H20N8O3/c1-21-17-13-18(27-12(26-17)4-3-10-8-23-5-6-24-10)28(9-25-13)14-11-7-20(11,19(31)22-2)16(30)15(14)29/h5-6,8-9,11,14-16,29-30H,7H2,1-2H3,(H,22,31)(H,21,26,27)/t11?,14-,15?,16+,20-/m1/s1. The number of aromatic nitrogens is 6. The molecule has 11 nitrogen and oxygen atoms in total. The van der Waals surface area contributed by atoms with Gasteiger partial charge < -0.3 is 25.4 Å². The van der Waals surface area contributed by atoms with Crippen LogP contribution in [0.3, 0.4) is 0 Å². The Labute approximate surface area is 177 Å². The summed E-state index contributed by atoms with van der Waals surface area (Å²) in [5, 5.41) is 27.0. The molecule has 0 aromatic carbocycles. The Kier molecular flexibility index (Phi) is 4.35. The van der Waals surface area contributed by atoms with Crippen LogP contribution in [-0.2, 0) is 4.79 Å². The van der Waals surface area contributed by atoms with Gasteiger partial charge in [-0.25, -0.2) is 19.9 Å². The lowest BCUT2D eigenvalue weighted by atomic mass is 9.98. The van der Waals surface area contributed by atoms with E-state index in [0.717, 1.165) is 0 Å². The van der Waals surface area contributed by atoms with Crippen LogP contribution in [-0.4, -0.2) is 71.9 Å². The van der Waals surface area contributed by atoms with Gasteiger partial charge in [0, 0.05) is 32.4 Å². The van der Waals surface area contributed by atoms with E-state index in [1.807, 2.05) is 0 Å². The maximum Gasteiger partial charge on any atom is 0.229 e. The van der Waals surface area contributed by atoms with Gasteiger partial charge in [0.1, 0.15) is 11.8 Å². The van der Waals surface area contributed by atoms with Crippen molar-refractivity contribution in [2.45, 2.75) is 24.7 Å². The maximum atomic E-state index is 12.4. The number of carbonyl (C=O) groups excluding carboxylic acids is 1. The summed E-state index contributed by atoms with van der Waals surface area (Å²) in [7, 11) is 3.24. The molecule has 0 spiro atoms. The molecule has 2 saturated carbocycles. The Morgan fingerprint density at radius 3 is 2.77 bits per heavy atom. The van der Waals surface area contributed by atoms with Crippen molar-refractivity contribution in [1.29, 1.82) is 0 Å². The molecular formula is C20H20N8O3. The number of fused-ring (bicyclic) bond motifs is 2. The molecule has 2 aliphatic carbocycles. The van der Waals surface area contributed by atoms with Crippen LogP contribution in [0.1, 0.15) is 24.0 Å². The number of rotatable bonds is 3. The van der Waals surface area contributed by atoms with Crippen molar-refractivity contribution >= 4 is 22.9 Å².